The van der Waals surface area contributed by atoms with Crippen LogP contribution in [-0.4, -0.2) is 46.0 Å². The molecule has 0 saturated heterocycles. The molecule has 0 aliphatic carbocycles. The van der Waals surface area contributed by atoms with Crippen molar-refractivity contribution in [2.24, 2.45) is 10.9 Å². The van der Waals surface area contributed by atoms with Crippen LogP contribution in [0.25, 0.3) is 0 Å². The van der Waals surface area contributed by atoms with Gasteiger partial charge in [0, 0.05) is 26.7 Å². The molecule has 1 aliphatic heterocycles. The molecule has 0 radical (unpaired) electrons. The first-order chi connectivity index (χ1) is 12.1. The fourth-order valence-corrected chi connectivity index (χ4v) is 2.62. The summed E-state index contributed by atoms with van der Waals surface area (Å²) < 4.78 is 16.7. The van der Waals surface area contributed by atoms with Gasteiger partial charge in [-0.25, -0.2) is 0 Å². The van der Waals surface area contributed by atoms with Gasteiger partial charge in [0.05, 0.1) is 11.6 Å². The van der Waals surface area contributed by atoms with Gasteiger partial charge in [0.1, 0.15) is 13.2 Å². The molecule has 0 spiro atoms. The fourth-order valence-electron chi connectivity index (χ4n) is 2.34. The summed E-state index contributed by atoms with van der Waals surface area (Å²) >= 11 is 6.26. The maximum atomic E-state index is 6.26. The van der Waals surface area contributed by atoms with E-state index in [0.29, 0.717) is 55.3 Å². The van der Waals surface area contributed by atoms with Gasteiger partial charge in [-0.1, -0.05) is 25.4 Å². The second-order valence-corrected chi connectivity index (χ2v) is 6.66. The van der Waals surface area contributed by atoms with Crippen molar-refractivity contribution in [1.29, 1.82) is 0 Å². The van der Waals surface area contributed by atoms with Gasteiger partial charge in [-0.3, -0.25) is 4.99 Å². The first-order valence-electron chi connectivity index (χ1n) is 8.70. The summed E-state index contributed by atoms with van der Waals surface area (Å²) in [5.41, 5.74) is 1.00. The highest BCUT2D eigenvalue weighted by Gasteiger charge is 2.16. The van der Waals surface area contributed by atoms with Crippen molar-refractivity contribution < 1.29 is 14.2 Å². The minimum atomic E-state index is 0. The lowest BCUT2D eigenvalue weighted by Crippen LogP contribution is -2.38. The number of benzene rings is 1. The summed E-state index contributed by atoms with van der Waals surface area (Å²) in [7, 11) is 1.74. The Morgan fingerprint density at radius 3 is 2.73 bits per heavy atom. The molecule has 8 heteroatoms. The van der Waals surface area contributed by atoms with Gasteiger partial charge in [0.15, 0.2) is 17.5 Å². The van der Waals surface area contributed by atoms with Crippen LogP contribution >= 0.6 is 35.6 Å². The lowest BCUT2D eigenvalue weighted by Gasteiger charge is -2.20. The third-order valence-electron chi connectivity index (χ3n) is 3.72. The molecular formula is C18H29ClIN3O3. The van der Waals surface area contributed by atoms with E-state index in [1.807, 2.05) is 12.1 Å². The summed E-state index contributed by atoms with van der Waals surface area (Å²) in [6.07, 6.45) is 1.08. The Labute approximate surface area is 178 Å². The van der Waals surface area contributed by atoms with Crippen molar-refractivity contribution >= 4 is 41.5 Å². The van der Waals surface area contributed by atoms with E-state index in [-0.39, 0.29) is 24.0 Å². The van der Waals surface area contributed by atoms with Crippen molar-refractivity contribution in [1.82, 2.24) is 10.6 Å². The second-order valence-electron chi connectivity index (χ2n) is 6.25. The van der Waals surface area contributed by atoms with Crippen LogP contribution in [0.15, 0.2) is 17.1 Å². The molecule has 0 bridgehead atoms. The standard InChI is InChI=1S/C18H28ClN3O3.HI/c1-13(2)4-6-23-7-5-21-18(20-3)22-12-14-10-15(19)17-16(11-14)24-8-9-25-17;/h10-11,13H,4-9,12H2,1-3H3,(H2,20,21,22);1H. The highest BCUT2D eigenvalue weighted by atomic mass is 127. The van der Waals surface area contributed by atoms with Crippen molar-refractivity contribution in [2.75, 3.05) is 40.0 Å². The van der Waals surface area contributed by atoms with E-state index in [4.69, 9.17) is 25.8 Å². The van der Waals surface area contributed by atoms with Crippen LogP contribution in [0.1, 0.15) is 25.8 Å². The number of nitrogens with zero attached hydrogens (tertiary/aromatic N) is 1. The smallest absolute Gasteiger partial charge is 0.191 e. The molecule has 1 heterocycles. The average Bonchev–Trinajstić information content (AvgIpc) is 2.60. The number of ether oxygens (including phenoxy) is 3. The van der Waals surface area contributed by atoms with Gasteiger partial charge in [0.2, 0.25) is 0 Å². The van der Waals surface area contributed by atoms with Crippen LogP contribution in [0.4, 0.5) is 0 Å². The number of nitrogens with one attached hydrogen (secondary N) is 2. The molecule has 2 N–H and O–H groups in total. The molecule has 26 heavy (non-hydrogen) atoms. The van der Waals surface area contributed by atoms with E-state index < -0.39 is 0 Å². The molecule has 6 nitrogen and oxygen atoms in total. The monoisotopic (exact) mass is 497 g/mol. The summed E-state index contributed by atoms with van der Waals surface area (Å²) in [6, 6.07) is 3.82. The van der Waals surface area contributed by atoms with Gasteiger partial charge in [0.25, 0.3) is 0 Å². The summed E-state index contributed by atoms with van der Waals surface area (Å²) in [4.78, 5) is 4.21. The lowest BCUT2D eigenvalue weighted by atomic mass is 10.1. The molecule has 2 rings (SSSR count). The third kappa shape index (κ3) is 7.75. The molecule has 0 fully saturated rings. The maximum absolute atomic E-state index is 6.26. The van der Waals surface area contributed by atoms with Crippen molar-refractivity contribution in [3.05, 3.63) is 22.7 Å². The van der Waals surface area contributed by atoms with Crippen LogP contribution in [0.3, 0.4) is 0 Å². The number of rotatable bonds is 8. The molecule has 1 aromatic rings. The van der Waals surface area contributed by atoms with E-state index in [9.17, 15) is 0 Å². The molecule has 1 aliphatic rings. The molecule has 0 saturated carbocycles. The molecule has 0 aromatic heterocycles. The first kappa shape index (κ1) is 23.1. The van der Waals surface area contributed by atoms with E-state index in [1.165, 1.54) is 0 Å². The zero-order valence-electron chi connectivity index (χ0n) is 15.6. The van der Waals surface area contributed by atoms with E-state index >= 15 is 0 Å². The Kier molecular flexibility index (Phi) is 11.1. The number of guanidine groups is 1. The fraction of sp³-hybridized carbons (Fsp3) is 0.611. The SMILES string of the molecule is CN=C(NCCOCCC(C)C)NCc1cc(Cl)c2c(c1)OCCO2.I. The minimum absolute atomic E-state index is 0. The number of hydrogen-bond acceptors (Lipinski definition) is 4. The van der Waals surface area contributed by atoms with Crippen LogP contribution in [-0.2, 0) is 11.3 Å². The largest absolute Gasteiger partial charge is 0.486 e. The van der Waals surface area contributed by atoms with Crippen molar-refractivity contribution in [2.45, 2.75) is 26.8 Å². The quantitative estimate of drug-likeness (QED) is 0.249. The average molecular weight is 498 g/mol. The summed E-state index contributed by atoms with van der Waals surface area (Å²) in [6.45, 7) is 8.20. The van der Waals surface area contributed by atoms with Gasteiger partial charge >= 0.3 is 0 Å². The Morgan fingerprint density at radius 2 is 2.00 bits per heavy atom. The van der Waals surface area contributed by atoms with Crippen LogP contribution < -0.4 is 20.1 Å². The van der Waals surface area contributed by atoms with Gasteiger partial charge < -0.3 is 24.8 Å². The van der Waals surface area contributed by atoms with Crippen LogP contribution in [0.5, 0.6) is 11.5 Å². The topological polar surface area (TPSA) is 64.1 Å². The van der Waals surface area contributed by atoms with E-state index in [2.05, 4.69) is 29.5 Å². The molecule has 0 atom stereocenters. The predicted molar refractivity (Wildman–Crippen MR) is 116 cm³/mol. The van der Waals surface area contributed by atoms with Gasteiger partial charge in [-0.15, -0.1) is 24.0 Å². The number of fused-ring (bicyclic) bond motifs is 1. The Bertz CT molecular complexity index is 585. The number of halogens is 2. The highest BCUT2D eigenvalue weighted by Crippen LogP contribution is 2.38. The van der Waals surface area contributed by atoms with Crippen LogP contribution in [0.2, 0.25) is 5.02 Å². The van der Waals surface area contributed by atoms with Gasteiger partial charge in [-0.05, 0) is 30.0 Å². The highest BCUT2D eigenvalue weighted by molar-refractivity contribution is 14.0. The van der Waals surface area contributed by atoms with Crippen LogP contribution in [0, 0.1) is 5.92 Å². The number of aliphatic imine (C=N–C) groups is 1. The van der Waals surface area contributed by atoms with E-state index in [0.717, 1.165) is 24.6 Å². The lowest BCUT2D eigenvalue weighted by molar-refractivity contribution is 0.128. The first-order valence-corrected chi connectivity index (χ1v) is 9.08. The second kappa shape index (κ2) is 12.5. The third-order valence-corrected chi connectivity index (χ3v) is 4.00. The molecule has 1 aromatic carbocycles. The van der Waals surface area contributed by atoms with Crippen molar-refractivity contribution in [3.63, 3.8) is 0 Å². The van der Waals surface area contributed by atoms with Crippen molar-refractivity contribution in [3.8, 4) is 11.5 Å². The Balaban J connectivity index is 0.00000338. The van der Waals surface area contributed by atoms with E-state index in [1.54, 1.807) is 7.05 Å². The summed E-state index contributed by atoms with van der Waals surface area (Å²) in [5, 5.41) is 7.05. The minimum Gasteiger partial charge on any atom is -0.486 e. The predicted octanol–water partition coefficient (Wildman–Crippen LogP) is 3.46. The maximum Gasteiger partial charge on any atom is 0.191 e. The molecular weight excluding hydrogens is 469 g/mol. The zero-order valence-corrected chi connectivity index (χ0v) is 18.7. The Hall–Kier alpha value is -0.930. The molecule has 0 amide bonds. The zero-order chi connectivity index (χ0) is 18.1. The number of hydrogen-bond donors (Lipinski definition) is 2. The summed E-state index contributed by atoms with van der Waals surface area (Å²) in [5.74, 6) is 2.70. The van der Waals surface area contributed by atoms with Gasteiger partial charge in [-0.2, -0.15) is 0 Å². The Morgan fingerprint density at radius 1 is 1.23 bits per heavy atom. The normalized spacial score (nSPS) is 13.3. The molecule has 0 unspecified atom stereocenters. The molecule has 148 valence electrons.